The molecular formula is C16H22ClN3O. The number of hydrogen-bond donors (Lipinski definition) is 2. The van der Waals surface area contributed by atoms with Crippen molar-refractivity contribution in [3.05, 3.63) is 46.8 Å². The summed E-state index contributed by atoms with van der Waals surface area (Å²) in [7, 11) is 0. The Labute approximate surface area is 131 Å². The minimum Gasteiger partial charge on any atom is -0.492 e. The Balaban J connectivity index is 0.00000161. The van der Waals surface area contributed by atoms with Crippen molar-refractivity contribution in [3.8, 4) is 5.75 Å². The lowest BCUT2D eigenvalue weighted by atomic mass is 10.1. The molecule has 2 N–H and O–H groups in total. The van der Waals surface area contributed by atoms with Crippen molar-refractivity contribution in [3.63, 3.8) is 0 Å². The molecule has 1 aromatic carbocycles. The summed E-state index contributed by atoms with van der Waals surface area (Å²) < 4.78 is 5.79. The van der Waals surface area contributed by atoms with Crippen LogP contribution in [0, 0.1) is 6.92 Å². The summed E-state index contributed by atoms with van der Waals surface area (Å²) in [5, 5.41) is 10.3. The summed E-state index contributed by atoms with van der Waals surface area (Å²) in [6.07, 6.45) is 5.57. The number of rotatable bonds is 6. The Hall–Kier alpha value is -1.52. The van der Waals surface area contributed by atoms with Gasteiger partial charge in [-0.1, -0.05) is 6.07 Å². The molecule has 1 aliphatic rings. The van der Waals surface area contributed by atoms with Gasteiger partial charge < -0.3 is 10.1 Å². The third-order valence-corrected chi connectivity index (χ3v) is 3.87. The first-order valence-electron chi connectivity index (χ1n) is 7.27. The van der Waals surface area contributed by atoms with Gasteiger partial charge in [-0.25, -0.2) is 0 Å². The Kier molecular flexibility index (Phi) is 5.65. The number of aryl methyl sites for hydroxylation is 3. The Morgan fingerprint density at radius 3 is 2.95 bits per heavy atom. The zero-order chi connectivity index (χ0) is 13.8. The molecule has 4 nitrogen and oxygen atoms in total. The van der Waals surface area contributed by atoms with E-state index in [4.69, 9.17) is 4.74 Å². The summed E-state index contributed by atoms with van der Waals surface area (Å²) in [5.74, 6) is 0.993. The topological polar surface area (TPSA) is 49.9 Å². The van der Waals surface area contributed by atoms with E-state index in [1.165, 1.54) is 36.0 Å². The van der Waals surface area contributed by atoms with Crippen molar-refractivity contribution >= 4 is 12.4 Å². The van der Waals surface area contributed by atoms with Crippen molar-refractivity contribution < 1.29 is 4.74 Å². The van der Waals surface area contributed by atoms with Crippen LogP contribution in [0.3, 0.4) is 0 Å². The minimum atomic E-state index is 0. The molecule has 3 rings (SSSR count). The number of aromatic amines is 1. The maximum Gasteiger partial charge on any atom is 0.119 e. The molecule has 0 bridgehead atoms. The van der Waals surface area contributed by atoms with Crippen LogP contribution in [0.2, 0.25) is 0 Å². The first-order valence-corrected chi connectivity index (χ1v) is 7.27. The van der Waals surface area contributed by atoms with Crippen molar-refractivity contribution in [1.29, 1.82) is 0 Å². The van der Waals surface area contributed by atoms with Crippen LogP contribution in [0.25, 0.3) is 0 Å². The molecule has 1 aliphatic carbocycles. The van der Waals surface area contributed by atoms with Crippen LogP contribution < -0.4 is 10.1 Å². The molecule has 0 fully saturated rings. The lowest BCUT2D eigenvalue weighted by molar-refractivity contribution is 0.313. The number of aromatic nitrogens is 2. The van der Waals surface area contributed by atoms with Gasteiger partial charge in [-0.15, -0.1) is 12.4 Å². The highest BCUT2D eigenvalue weighted by Gasteiger charge is 2.10. The smallest absolute Gasteiger partial charge is 0.119 e. The number of benzene rings is 1. The Morgan fingerprint density at radius 1 is 1.29 bits per heavy atom. The molecule has 2 aromatic rings. The molecule has 0 aliphatic heterocycles. The van der Waals surface area contributed by atoms with Gasteiger partial charge in [0.05, 0.1) is 6.20 Å². The van der Waals surface area contributed by atoms with Crippen LogP contribution in [0.15, 0.2) is 24.4 Å². The van der Waals surface area contributed by atoms with Gasteiger partial charge in [-0.05, 0) is 49.4 Å². The molecule has 0 saturated carbocycles. The fourth-order valence-electron chi connectivity index (χ4n) is 2.66. The van der Waals surface area contributed by atoms with E-state index >= 15 is 0 Å². The highest BCUT2D eigenvalue weighted by atomic mass is 35.5. The number of nitrogens with zero attached hydrogens (tertiary/aromatic N) is 1. The number of H-pyrrole nitrogens is 1. The lowest BCUT2D eigenvalue weighted by Crippen LogP contribution is -2.20. The maximum atomic E-state index is 5.79. The van der Waals surface area contributed by atoms with Gasteiger partial charge in [0, 0.05) is 24.3 Å². The van der Waals surface area contributed by atoms with Crippen LogP contribution in [0.4, 0.5) is 0 Å². The van der Waals surface area contributed by atoms with Crippen LogP contribution in [-0.4, -0.2) is 23.3 Å². The van der Waals surface area contributed by atoms with Crippen LogP contribution >= 0.6 is 12.4 Å². The average molecular weight is 308 g/mol. The molecule has 0 saturated heterocycles. The van der Waals surface area contributed by atoms with Crippen molar-refractivity contribution in [2.75, 3.05) is 13.2 Å². The summed E-state index contributed by atoms with van der Waals surface area (Å²) in [6.45, 7) is 4.39. The lowest BCUT2D eigenvalue weighted by Gasteiger charge is -2.09. The fraction of sp³-hybridized carbons (Fsp3) is 0.438. The van der Waals surface area contributed by atoms with Crippen LogP contribution in [0.1, 0.15) is 28.8 Å². The molecule has 0 radical (unpaired) electrons. The summed E-state index contributed by atoms with van der Waals surface area (Å²) in [5.41, 5.74) is 5.29. The van der Waals surface area contributed by atoms with E-state index in [-0.39, 0.29) is 12.4 Å². The van der Waals surface area contributed by atoms with E-state index in [9.17, 15) is 0 Å². The number of hydrogen-bond acceptors (Lipinski definition) is 3. The normalized spacial score (nSPS) is 12.8. The number of halogens is 1. The largest absolute Gasteiger partial charge is 0.492 e. The molecule has 1 aromatic heterocycles. The molecule has 0 atom stereocenters. The highest BCUT2D eigenvalue weighted by Crippen LogP contribution is 2.25. The summed E-state index contributed by atoms with van der Waals surface area (Å²) >= 11 is 0. The van der Waals surface area contributed by atoms with Gasteiger partial charge in [-0.2, -0.15) is 5.10 Å². The van der Waals surface area contributed by atoms with Crippen molar-refractivity contribution in [2.24, 2.45) is 0 Å². The number of fused-ring (bicyclic) bond motifs is 1. The van der Waals surface area contributed by atoms with E-state index in [1.54, 1.807) is 0 Å². The van der Waals surface area contributed by atoms with Crippen LogP contribution in [0.5, 0.6) is 5.75 Å². The van der Waals surface area contributed by atoms with Crippen molar-refractivity contribution in [1.82, 2.24) is 15.5 Å². The van der Waals surface area contributed by atoms with Gasteiger partial charge in [0.25, 0.3) is 0 Å². The number of ether oxygens (including phenoxy) is 1. The molecule has 5 heteroatoms. The first kappa shape index (κ1) is 15.9. The zero-order valence-corrected chi connectivity index (χ0v) is 13.1. The second kappa shape index (κ2) is 7.48. The predicted molar refractivity (Wildman–Crippen MR) is 86.2 cm³/mol. The minimum absolute atomic E-state index is 0. The fourth-order valence-corrected chi connectivity index (χ4v) is 2.66. The van der Waals surface area contributed by atoms with Crippen molar-refractivity contribution in [2.45, 2.75) is 32.7 Å². The van der Waals surface area contributed by atoms with Gasteiger partial charge in [0.2, 0.25) is 0 Å². The van der Waals surface area contributed by atoms with Gasteiger partial charge in [0.15, 0.2) is 0 Å². The Bertz CT molecular complexity index is 583. The average Bonchev–Trinajstić information content (AvgIpc) is 3.07. The third-order valence-electron chi connectivity index (χ3n) is 3.87. The molecule has 21 heavy (non-hydrogen) atoms. The summed E-state index contributed by atoms with van der Waals surface area (Å²) in [6, 6.07) is 6.49. The molecule has 0 amide bonds. The summed E-state index contributed by atoms with van der Waals surface area (Å²) in [4.78, 5) is 0. The SMILES string of the molecule is Cc1[nH]ncc1CNCCOc1ccc2c(c1)CCC2.Cl. The zero-order valence-electron chi connectivity index (χ0n) is 12.3. The van der Waals surface area contributed by atoms with Gasteiger partial charge in [0.1, 0.15) is 12.4 Å². The standard InChI is InChI=1S/C16H21N3O.ClH/c1-12-15(11-18-19-12)10-17-7-8-20-16-6-5-13-3-2-4-14(13)9-16;/h5-6,9,11,17H,2-4,7-8,10H2,1H3,(H,18,19);1H. The predicted octanol–water partition coefficient (Wildman–Crippen LogP) is 2.80. The quantitative estimate of drug-likeness (QED) is 0.807. The van der Waals surface area contributed by atoms with E-state index in [0.29, 0.717) is 6.61 Å². The molecule has 0 spiro atoms. The second-order valence-electron chi connectivity index (χ2n) is 5.33. The van der Waals surface area contributed by atoms with E-state index in [1.807, 2.05) is 13.1 Å². The monoisotopic (exact) mass is 307 g/mol. The maximum absolute atomic E-state index is 5.79. The first-order chi connectivity index (χ1) is 9.83. The molecule has 114 valence electrons. The highest BCUT2D eigenvalue weighted by molar-refractivity contribution is 5.85. The van der Waals surface area contributed by atoms with Gasteiger partial charge >= 0.3 is 0 Å². The van der Waals surface area contributed by atoms with E-state index in [0.717, 1.165) is 24.5 Å². The second-order valence-corrected chi connectivity index (χ2v) is 5.33. The molecular weight excluding hydrogens is 286 g/mol. The van der Waals surface area contributed by atoms with E-state index < -0.39 is 0 Å². The molecule has 0 unspecified atom stereocenters. The number of nitrogens with one attached hydrogen (secondary N) is 2. The molecule has 1 heterocycles. The third kappa shape index (κ3) is 3.99. The van der Waals surface area contributed by atoms with Gasteiger partial charge in [-0.3, -0.25) is 5.10 Å². The van der Waals surface area contributed by atoms with E-state index in [2.05, 4.69) is 33.7 Å². The van der Waals surface area contributed by atoms with Crippen LogP contribution in [-0.2, 0) is 19.4 Å². The Morgan fingerprint density at radius 2 is 2.14 bits per heavy atom.